The SMILES string of the molecule is Cc1cc(C2CNCCO2)c[nH]1. The van der Waals surface area contributed by atoms with Crippen LogP contribution in [0.3, 0.4) is 0 Å². The van der Waals surface area contributed by atoms with E-state index in [-0.39, 0.29) is 6.10 Å². The molecule has 1 aliphatic heterocycles. The van der Waals surface area contributed by atoms with Gasteiger partial charge in [0.25, 0.3) is 0 Å². The molecule has 12 heavy (non-hydrogen) atoms. The quantitative estimate of drug-likeness (QED) is 0.652. The third-order valence-corrected chi connectivity index (χ3v) is 2.15. The molecule has 1 aromatic rings. The van der Waals surface area contributed by atoms with E-state index in [0.29, 0.717) is 0 Å². The van der Waals surface area contributed by atoms with Crippen molar-refractivity contribution in [2.24, 2.45) is 0 Å². The molecule has 2 rings (SSSR count). The lowest BCUT2D eigenvalue weighted by Gasteiger charge is -2.22. The van der Waals surface area contributed by atoms with Crippen LogP contribution in [0, 0.1) is 6.92 Å². The van der Waals surface area contributed by atoms with E-state index >= 15 is 0 Å². The van der Waals surface area contributed by atoms with Crippen molar-refractivity contribution in [2.75, 3.05) is 19.7 Å². The molecule has 0 spiro atoms. The Balaban J connectivity index is 2.08. The van der Waals surface area contributed by atoms with Gasteiger partial charge in [-0.3, -0.25) is 0 Å². The summed E-state index contributed by atoms with van der Waals surface area (Å²) < 4.78 is 5.59. The van der Waals surface area contributed by atoms with Crippen LogP contribution in [0.5, 0.6) is 0 Å². The first-order chi connectivity index (χ1) is 5.86. The van der Waals surface area contributed by atoms with Crippen molar-refractivity contribution < 1.29 is 4.74 Å². The van der Waals surface area contributed by atoms with Crippen molar-refractivity contribution in [3.63, 3.8) is 0 Å². The number of nitrogens with one attached hydrogen (secondary N) is 2. The van der Waals surface area contributed by atoms with Crippen molar-refractivity contribution in [1.82, 2.24) is 10.3 Å². The Bertz CT molecular complexity index is 251. The molecule has 66 valence electrons. The fourth-order valence-electron chi connectivity index (χ4n) is 1.50. The molecular weight excluding hydrogens is 152 g/mol. The first-order valence-electron chi connectivity index (χ1n) is 4.33. The number of aromatic nitrogens is 1. The summed E-state index contributed by atoms with van der Waals surface area (Å²) in [5.74, 6) is 0. The highest BCUT2D eigenvalue weighted by molar-refractivity contribution is 5.18. The monoisotopic (exact) mass is 166 g/mol. The molecule has 3 heteroatoms. The highest BCUT2D eigenvalue weighted by atomic mass is 16.5. The highest BCUT2D eigenvalue weighted by Gasteiger charge is 2.15. The van der Waals surface area contributed by atoms with E-state index in [9.17, 15) is 0 Å². The van der Waals surface area contributed by atoms with Crippen LogP contribution in [-0.2, 0) is 4.74 Å². The fraction of sp³-hybridized carbons (Fsp3) is 0.556. The number of rotatable bonds is 1. The summed E-state index contributed by atoms with van der Waals surface area (Å²) in [5, 5.41) is 3.30. The summed E-state index contributed by atoms with van der Waals surface area (Å²) in [6.07, 6.45) is 2.26. The van der Waals surface area contributed by atoms with Gasteiger partial charge in [0.1, 0.15) is 0 Å². The van der Waals surface area contributed by atoms with Gasteiger partial charge in [0.05, 0.1) is 12.7 Å². The minimum Gasteiger partial charge on any atom is -0.371 e. The molecule has 1 aliphatic rings. The summed E-state index contributed by atoms with van der Waals surface area (Å²) >= 11 is 0. The lowest BCUT2D eigenvalue weighted by atomic mass is 10.1. The average Bonchev–Trinajstić information content (AvgIpc) is 2.54. The standard InChI is InChI=1S/C9H14N2O/c1-7-4-8(5-11-7)9-6-10-2-3-12-9/h4-5,9-11H,2-3,6H2,1H3. The number of H-pyrrole nitrogens is 1. The van der Waals surface area contributed by atoms with Crippen LogP contribution >= 0.6 is 0 Å². The van der Waals surface area contributed by atoms with Gasteiger partial charge in [0, 0.05) is 25.0 Å². The van der Waals surface area contributed by atoms with Gasteiger partial charge in [0.15, 0.2) is 0 Å². The van der Waals surface area contributed by atoms with E-state index in [0.717, 1.165) is 19.7 Å². The molecule has 2 heterocycles. The maximum Gasteiger partial charge on any atom is 0.0964 e. The van der Waals surface area contributed by atoms with Crippen molar-refractivity contribution in [3.8, 4) is 0 Å². The smallest absolute Gasteiger partial charge is 0.0964 e. The molecule has 0 saturated carbocycles. The first-order valence-corrected chi connectivity index (χ1v) is 4.33. The van der Waals surface area contributed by atoms with E-state index in [1.165, 1.54) is 11.3 Å². The van der Waals surface area contributed by atoms with Gasteiger partial charge >= 0.3 is 0 Å². The second-order valence-electron chi connectivity index (χ2n) is 3.18. The highest BCUT2D eigenvalue weighted by Crippen LogP contribution is 2.18. The first kappa shape index (κ1) is 7.83. The summed E-state index contributed by atoms with van der Waals surface area (Å²) in [6.45, 7) is 4.77. The Morgan fingerprint density at radius 2 is 2.50 bits per heavy atom. The van der Waals surface area contributed by atoms with Crippen molar-refractivity contribution in [1.29, 1.82) is 0 Å². The third kappa shape index (κ3) is 1.52. The second-order valence-corrected chi connectivity index (χ2v) is 3.18. The molecule has 0 amide bonds. The molecule has 1 aromatic heterocycles. The topological polar surface area (TPSA) is 37.0 Å². The Morgan fingerprint density at radius 3 is 3.08 bits per heavy atom. The summed E-state index contributed by atoms with van der Waals surface area (Å²) in [6, 6.07) is 2.14. The summed E-state index contributed by atoms with van der Waals surface area (Å²) in [4.78, 5) is 3.16. The summed E-state index contributed by atoms with van der Waals surface area (Å²) in [5.41, 5.74) is 2.44. The van der Waals surface area contributed by atoms with Crippen molar-refractivity contribution in [2.45, 2.75) is 13.0 Å². The van der Waals surface area contributed by atoms with Crippen LogP contribution in [0.2, 0.25) is 0 Å². The number of hydrogen-bond acceptors (Lipinski definition) is 2. The zero-order valence-electron chi connectivity index (χ0n) is 7.26. The average molecular weight is 166 g/mol. The van der Waals surface area contributed by atoms with Crippen LogP contribution < -0.4 is 5.32 Å². The Kier molecular flexibility index (Phi) is 2.15. The third-order valence-electron chi connectivity index (χ3n) is 2.15. The molecule has 1 fully saturated rings. The van der Waals surface area contributed by atoms with Crippen molar-refractivity contribution >= 4 is 0 Å². The van der Waals surface area contributed by atoms with Crippen LogP contribution in [-0.4, -0.2) is 24.7 Å². The lowest BCUT2D eigenvalue weighted by Crippen LogP contribution is -2.33. The van der Waals surface area contributed by atoms with Crippen LogP contribution in [0.1, 0.15) is 17.4 Å². The van der Waals surface area contributed by atoms with Crippen LogP contribution in [0.25, 0.3) is 0 Å². The van der Waals surface area contributed by atoms with Crippen LogP contribution in [0.4, 0.5) is 0 Å². The number of morpholine rings is 1. The number of aromatic amines is 1. The zero-order valence-corrected chi connectivity index (χ0v) is 7.26. The molecule has 1 unspecified atom stereocenters. The maximum absolute atomic E-state index is 5.59. The van der Waals surface area contributed by atoms with Gasteiger partial charge in [-0.25, -0.2) is 0 Å². The molecular formula is C9H14N2O. The van der Waals surface area contributed by atoms with Gasteiger partial charge < -0.3 is 15.0 Å². The summed E-state index contributed by atoms with van der Waals surface area (Å²) in [7, 11) is 0. The van der Waals surface area contributed by atoms with Gasteiger partial charge in [0.2, 0.25) is 0 Å². The normalized spacial score (nSPS) is 24.2. The lowest BCUT2D eigenvalue weighted by molar-refractivity contribution is 0.0278. The number of aryl methyl sites for hydroxylation is 1. The zero-order chi connectivity index (χ0) is 8.39. The minimum absolute atomic E-state index is 0.240. The van der Waals surface area contributed by atoms with Gasteiger partial charge in [-0.15, -0.1) is 0 Å². The molecule has 0 aliphatic carbocycles. The van der Waals surface area contributed by atoms with Crippen molar-refractivity contribution in [3.05, 3.63) is 23.5 Å². The van der Waals surface area contributed by atoms with Crippen LogP contribution in [0.15, 0.2) is 12.3 Å². The maximum atomic E-state index is 5.59. The molecule has 3 nitrogen and oxygen atoms in total. The molecule has 0 aromatic carbocycles. The van der Waals surface area contributed by atoms with Gasteiger partial charge in [-0.1, -0.05) is 0 Å². The van der Waals surface area contributed by atoms with Gasteiger partial charge in [-0.2, -0.15) is 0 Å². The fourth-order valence-corrected chi connectivity index (χ4v) is 1.50. The minimum atomic E-state index is 0.240. The molecule has 2 N–H and O–H groups in total. The van der Waals surface area contributed by atoms with Gasteiger partial charge in [-0.05, 0) is 18.6 Å². The van der Waals surface area contributed by atoms with E-state index in [1.807, 2.05) is 6.20 Å². The predicted molar refractivity (Wildman–Crippen MR) is 47.1 cm³/mol. The number of ether oxygens (including phenoxy) is 1. The molecule has 0 bridgehead atoms. The Labute approximate surface area is 72.1 Å². The predicted octanol–water partition coefficient (Wildman–Crippen LogP) is 0.984. The molecule has 0 radical (unpaired) electrons. The Morgan fingerprint density at radius 1 is 1.58 bits per heavy atom. The largest absolute Gasteiger partial charge is 0.371 e. The molecule has 1 atom stereocenters. The van der Waals surface area contributed by atoms with E-state index in [4.69, 9.17) is 4.74 Å². The second kappa shape index (κ2) is 3.29. The van der Waals surface area contributed by atoms with E-state index in [1.54, 1.807) is 0 Å². The van der Waals surface area contributed by atoms with E-state index < -0.39 is 0 Å². The Hall–Kier alpha value is -0.800. The van der Waals surface area contributed by atoms with E-state index in [2.05, 4.69) is 23.3 Å². The molecule has 1 saturated heterocycles. The number of hydrogen-bond donors (Lipinski definition) is 2.